The molecule has 1 aromatic carbocycles. The van der Waals surface area contributed by atoms with Crippen LogP contribution in [-0.2, 0) is 16.7 Å². The Hall–Kier alpha value is -0.610. The van der Waals surface area contributed by atoms with Gasteiger partial charge in [-0.3, -0.25) is 0 Å². The van der Waals surface area contributed by atoms with Crippen LogP contribution in [0.2, 0.25) is 5.02 Å². The summed E-state index contributed by atoms with van der Waals surface area (Å²) in [7, 11) is 0. The molecule has 0 radical (unpaired) electrons. The SMILES string of the molecule is CC(C)(C)CCc1ccc(C2(N)COC(C)(C)C2CO)cc1Cl. The van der Waals surface area contributed by atoms with E-state index < -0.39 is 11.1 Å². The zero-order chi connectivity index (χ0) is 17.5. The maximum absolute atomic E-state index is 9.80. The van der Waals surface area contributed by atoms with Crippen LogP contribution in [0.25, 0.3) is 0 Å². The molecule has 23 heavy (non-hydrogen) atoms. The largest absolute Gasteiger partial charge is 0.396 e. The number of halogens is 1. The van der Waals surface area contributed by atoms with E-state index in [1.54, 1.807) is 0 Å². The number of rotatable bonds is 4. The average molecular weight is 340 g/mol. The molecule has 1 aromatic rings. The summed E-state index contributed by atoms with van der Waals surface area (Å²) >= 11 is 6.50. The first-order valence-corrected chi connectivity index (χ1v) is 8.70. The molecule has 0 spiro atoms. The highest BCUT2D eigenvalue weighted by molar-refractivity contribution is 6.31. The molecule has 0 amide bonds. The van der Waals surface area contributed by atoms with Crippen LogP contribution >= 0.6 is 11.6 Å². The number of aryl methyl sites for hydroxylation is 1. The number of aliphatic hydroxyl groups is 1. The second kappa shape index (κ2) is 6.36. The Labute approximate surface area is 145 Å². The van der Waals surface area contributed by atoms with E-state index in [4.69, 9.17) is 22.1 Å². The van der Waals surface area contributed by atoms with Crippen LogP contribution in [0.5, 0.6) is 0 Å². The fourth-order valence-electron chi connectivity index (χ4n) is 3.34. The van der Waals surface area contributed by atoms with Crippen molar-refractivity contribution in [1.29, 1.82) is 0 Å². The zero-order valence-corrected chi connectivity index (χ0v) is 15.7. The van der Waals surface area contributed by atoms with Crippen molar-refractivity contribution >= 4 is 11.6 Å². The molecule has 1 aliphatic rings. The first-order valence-electron chi connectivity index (χ1n) is 8.32. The fraction of sp³-hybridized carbons (Fsp3) is 0.684. The molecule has 0 saturated carbocycles. The summed E-state index contributed by atoms with van der Waals surface area (Å²) in [5, 5.41) is 10.6. The molecule has 1 fully saturated rings. The highest BCUT2D eigenvalue weighted by atomic mass is 35.5. The number of benzene rings is 1. The summed E-state index contributed by atoms with van der Waals surface area (Å²) in [6.07, 6.45) is 2.03. The molecule has 1 saturated heterocycles. The summed E-state index contributed by atoms with van der Waals surface area (Å²) in [6, 6.07) is 6.06. The van der Waals surface area contributed by atoms with E-state index in [0.717, 1.165) is 29.0 Å². The van der Waals surface area contributed by atoms with Crippen LogP contribution in [-0.4, -0.2) is 23.9 Å². The zero-order valence-electron chi connectivity index (χ0n) is 14.9. The lowest BCUT2D eigenvalue weighted by Crippen LogP contribution is -2.49. The molecule has 0 aromatic heterocycles. The van der Waals surface area contributed by atoms with Crippen molar-refractivity contribution in [1.82, 2.24) is 0 Å². The molecule has 1 aliphatic heterocycles. The smallest absolute Gasteiger partial charge is 0.0725 e. The molecule has 2 unspecified atom stereocenters. The highest BCUT2D eigenvalue weighted by Gasteiger charge is 2.52. The second-order valence-electron chi connectivity index (χ2n) is 8.53. The van der Waals surface area contributed by atoms with Crippen molar-refractivity contribution in [3.05, 3.63) is 34.3 Å². The standard InChI is InChI=1S/C19H30ClNO2/c1-17(2,3)9-8-13-6-7-14(10-15(13)20)19(21)12-23-18(4,5)16(19)11-22/h6-7,10,16,22H,8-9,11-12,21H2,1-5H3. The van der Waals surface area contributed by atoms with E-state index in [-0.39, 0.29) is 17.9 Å². The average Bonchev–Trinajstić information content (AvgIpc) is 2.67. The Morgan fingerprint density at radius 3 is 2.52 bits per heavy atom. The Kier molecular flexibility index (Phi) is 5.18. The predicted octanol–water partition coefficient (Wildman–Crippen LogP) is 3.89. The summed E-state index contributed by atoms with van der Waals surface area (Å²) in [6.45, 7) is 11.0. The quantitative estimate of drug-likeness (QED) is 0.875. The Bertz CT molecular complexity index is 565. The van der Waals surface area contributed by atoms with Crippen LogP contribution in [0.3, 0.4) is 0 Å². The second-order valence-corrected chi connectivity index (χ2v) is 8.94. The van der Waals surface area contributed by atoms with Crippen molar-refractivity contribution in [2.75, 3.05) is 13.2 Å². The lowest BCUT2D eigenvalue weighted by molar-refractivity contribution is -0.00337. The number of nitrogens with two attached hydrogens (primary N) is 1. The van der Waals surface area contributed by atoms with Crippen LogP contribution in [0.15, 0.2) is 18.2 Å². The molecule has 3 N–H and O–H groups in total. The molecule has 3 nitrogen and oxygen atoms in total. The minimum absolute atomic E-state index is 0.00705. The normalized spacial score (nSPS) is 27.4. The summed E-state index contributed by atoms with van der Waals surface area (Å²) < 4.78 is 5.85. The fourth-order valence-corrected chi connectivity index (χ4v) is 3.62. The van der Waals surface area contributed by atoms with E-state index in [1.165, 1.54) is 0 Å². The summed E-state index contributed by atoms with van der Waals surface area (Å²) in [5.41, 5.74) is 7.84. The van der Waals surface area contributed by atoms with Crippen LogP contribution in [0.4, 0.5) is 0 Å². The van der Waals surface area contributed by atoms with Gasteiger partial charge in [-0.15, -0.1) is 0 Å². The van der Waals surface area contributed by atoms with Gasteiger partial charge in [0.25, 0.3) is 0 Å². The molecule has 0 bridgehead atoms. The molecule has 0 aliphatic carbocycles. The van der Waals surface area contributed by atoms with Crippen LogP contribution < -0.4 is 5.73 Å². The van der Waals surface area contributed by atoms with E-state index in [1.807, 2.05) is 26.0 Å². The number of hydrogen-bond acceptors (Lipinski definition) is 3. The van der Waals surface area contributed by atoms with Gasteiger partial charge in [-0.1, -0.05) is 44.5 Å². The van der Waals surface area contributed by atoms with Crippen molar-refractivity contribution in [2.24, 2.45) is 17.1 Å². The van der Waals surface area contributed by atoms with Gasteiger partial charge in [-0.25, -0.2) is 0 Å². The Balaban J connectivity index is 2.26. The van der Waals surface area contributed by atoms with E-state index in [0.29, 0.717) is 6.61 Å². The first-order chi connectivity index (χ1) is 10.5. The molecule has 2 atom stereocenters. The Morgan fingerprint density at radius 1 is 1.35 bits per heavy atom. The number of aliphatic hydroxyl groups excluding tert-OH is 1. The van der Waals surface area contributed by atoms with Gasteiger partial charge in [-0.2, -0.15) is 0 Å². The molecule has 1 heterocycles. The maximum Gasteiger partial charge on any atom is 0.0725 e. The third kappa shape index (κ3) is 3.90. The first kappa shape index (κ1) is 18.7. The number of hydrogen-bond donors (Lipinski definition) is 2. The molecule has 4 heteroatoms. The van der Waals surface area contributed by atoms with Gasteiger partial charge >= 0.3 is 0 Å². The molecule has 130 valence electrons. The van der Waals surface area contributed by atoms with Gasteiger partial charge in [0, 0.05) is 10.9 Å². The monoisotopic (exact) mass is 339 g/mol. The molecular weight excluding hydrogens is 310 g/mol. The van der Waals surface area contributed by atoms with Crippen LogP contribution in [0.1, 0.15) is 52.2 Å². The molecular formula is C19H30ClNO2. The van der Waals surface area contributed by atoms with Crippen molar-refractivity contribution < 1.29 is 9.84 Å². The topological polar surface area (TPSA) is 55.5 Å². The van der Waals surface area contributed by atoms with E-state index in [9.17, 15) is 5.11 Å². The lowest BCUT2D eigenvalue weighted by atomic mass is 9.74. The van der Waals surface area contributed by atoms with Crippen molar-refractivity contribution in [3.63, 3.8) is 0 Å². The lowest BCUT2D eigenvalue weighted by Gasteiger charge is -2.34. The van der Waals surface area contributed by atoms with Gasteiger partial charge in [-0.05, 0) is 49.3 Å². The summed E-state index contributed by atoms with van der Waals surface area (Å²) in [5.74, 6) is -0.161. The third-order valence-electron chi connectivity index (χ3n) is 5.06. The predicted molar refractivity (Wildman–Crippen MR) is 95.7 cm³/mol. The minimum Gasteiger partial charge on any atom is -0.396 e. The maximum atomic E-state index is 9.80. The van der Waals surface area contributed by atoms with Gasteiger partial charge in [0.05, 0.1) is 24.4 Å². The van der Waals surface area contributed by atoms with Crippen molar-refractivity contribution in [3.8, 4) is 0 Å². The minimum atomic E-state index is -0.704. The van der Waals surface area contributed by atoms with Gasteiger partial charge in [0.15, 0.2) is 0 Å². The Morgan fingerprint density at radius 2 is 2.00 bits per heavy atom. The van der Waals surface area contributed by atoms with E-state index in [2.05, 4.69) is 26.8 Å². The highest BCUT2D eigenvalue weighted by Crippen LogP contribution is 2.44. The van der Waals surface area contributed by atoms with Gasteiger partial charge in [0.1, 0.15) is 0 Å². The van der Waals surface area contributed by atoms with Crippen LogP contribution in [0, 0.1) is 11.3 Å². The van der Waals surface area contributed by atoms with E-state index >= 15 is 0 Å². The molecule has 2 rings (SSSR count). The number of ether oxygens (including phenoxy) is 1. The van der Waals surface area contributed by atoms with Gasteiger partial charge < -0.3 is 15.6 Å². The third-order valence-corrected chi connectivity index (χ3v) is 5.41. The van der Waals surface area contributed by atoms with Gasteiger partial charge in [0.2, 0.25) is 0 Å². The van der Waals surface area contributed by atoms with Crippen molar-refractivity contribution in [2.45, 2.75) is 58.6 Å². The summed E-state index contributed by atoms with van der Waals surface area (Å²) in [4.78, 5) is 0.